The third-order valence-corrected chi connectivity index (χ3v) is 2.93. The number of hydrogen-bond acceptors (Lipinski definition) is 5. The summed E-state index contributed by atoms with van der Waals surface area (Å²) >= 11 is 0. The number of carbonyl (C=O) groups excluding carboxylic acids is 1. The van der Waals surface area contributed by atoms with Gasteiger partial charge in [0, 0.05) is 30.9 Å². The van der Waals surface area contributed by atoms with Crippen LogP contribution in [-0.4, -0.2) is 31.1 Å². The van der Waals surface area contributed by atoms with E-state index >= 15 is 0 Å². The van der Waals surface area contributed by atoms with E-state index in [4.69, 9.17) is 0 Å². The van der Waals surface area contributed by atoms with E-state index in [1.54, 1.807) is 6.07 Å². The molecule has 0 aliphatic carbocycles. The van der Waals surface area contributed by atoms with Crippen molar-refractivity contribution in [3.8, 4) is 0 Å². The Morgan fingerprint density at radius 3 is 2.63 bits per heavy atom. The summed E-state index contributed by atoms with van der Waals surface area (Å²) in [5.74, 6) is -0.266. The first-order chi connectivity index (χ1) is 8.99. The third-order valence-electron chi connectivity index (χ3n) is 2.93. The van der Waals surface area contributed by atoms with E-state index in [1.165, 1.54) is 19.2 Å². The third kappa shape index (κ3) is 3.94. The predicted molar refractivity (Wildman–Crippen MR) is 72.4 cm³/mol. The predicted octanol–water partition coefficient (Wildman–Crippen LogP) is 2.29. The number of anilines is 1. The molecule has 6 nitrogen and oxygen atoms in total. The van der Waals surface area contributed by atoms with Crippen LogP contribution in [0.15, 0.2) is 18.2 Å². The molecular formula is C13H18N2O4. The van der Waals surface area contributed by atoms with Crippen molar-refractivity contribution in [2.75, 3.05) is 25.1 Å². The van der Waals surface area contributed by atoms with Gasteiger partial charge in [-0.05, 0) is 25.5 Å². The van der Waals surface area contributed by atoms with E-state index in [0.29, 0.717) is 13.0 Å². The van der Waals surface area contributed by atoms with Gasteiger partial charge in [0.2, 0.25) is 0 Å². The second kappa shape index (κ2) is 6.72. The highest BCUT2D eigenvalue weighted by atomic mass is 16.6. The number of ether oxygens (including phenoxy) is 1. The number of carbonyl (C=O) groups is 1. The number of aryl methyl sites for hydroxylation is 1. The van der Waals surface area contributed by atoms with Crippen molar-refractivity contribution in [2.45, 2.75) is 20.3 Å². The van der Waals surface area contributed by atoms with Gasteiger partial charge in [0.15, 0.2) is 0 Å². The minimum absolute atomic E-state index is 0.0743. The van der Waals surface area contributed by atoms with Gasteiger partial charge in [-0.1, -0.05) is 0 Å². The van der Waals surface area contributed by atoms with Crippen molar-refractivity contribution in [1.29, 1.82) is 0 Å². The quantitative estimate of drug-likeness (QED) is 0.448. The van der Waals surface area contributed by atoms with E-state index in [-0.39, 0.29) is 11.7 Å². The van der Waals surface area contributed by atoms with E-state index in [2.05, 4.69) is 4.74 Å². The number of non-ortho nitro benzene ring substituents is 1. The zero-order chi connectivity index (χ0) is 14.4. The molecule has 0 amide bonds. The lowest BCUT2D eigenvalue weighted by Crippen LogP contribution is -2.26. The van der Waals surface area contributed by atoms with Crippen molar-refractivity contribution in [3.63, 3.8) is 0 Å². The molecule has 0 heterocycles. The van der Waals surface area contributed by atoms with Gasteiger partial charge < -0.3 is 9.64 Å². The number of hydrogen-bond donors (Lipinski definition) is 0. The first kappa shape index (κ1) is 14.9. The molecule has 0 saturated heterocycles. The Kier molecular flexibility index (Phi) is 5.29. The SMILES string of the molecule is CCN(CCC(=O)OC)c1ccc([N+](=O)[O-])cc1C. The summed E-state index contributed by atoms with van der Waals surface area (Å²) in [6.07, 6.45) is 0.292. The molecule has 0 atom stereocenters. The van der Waals surface area contributed by atoms with Gasteiger partial charge in [-0.15, -0.1) is 0 Å². The van der Waals surface area contributed by atoms with Gasteiger partial charge in [-0.25, -0.2) is 0 Å². The van der Waals surface area contributed by atoms with E-state index in [1.807, 2.05) is 18.7 Å². The van der Waals surface area contributed by atoms with Crippen molar-refractivity contribution < 1.29 is 14.5 Å². The summed E-state index contributed by atoms with van der Waals surface area (Å²) in [7, 11) is 1.36. The lowest BCUT2D eigenvalue weighted by Gasteiger charge is -2.24. The highest BCUT2D eigenvalue weighted by Crippen LogP contribution is 2.24. The molecule has 1 aromatic rings. The fraction of sp³-hybridized carbons (Fsp3) is 0.462. The van der Waals surface area contributed by atoms with Gasteiger partial charge in [-0.3, -0.25) is 14.9 Å². The highest BCUT2D eigenvalue weighted by molar-refractivity contribution is 5.70. The van der Waals surface area contributed by atoms with Crippen LogP contribution in [0.3, 0.4) is 0 Å². The number of methoxy groups -OCH3 is 1. The molecule has 0 saturated carbocycles. The number of nitro groups is 1. The van der Waals surface area contributed by atoms with Gasteiger partial charge in [0.25, 0.3) is 5.69 Å². The molecule has 6 heteroatoms. The molecule has 0 aliphatic heterocycles. The van der Waals surface area contributed by atoms with Crippen molar-refractivity contribution in [2.24, 2.45) is 0 Å². The molecule has 1 aromatic carbocycles. The molecule has 0 aromatic heterocycles. The van der Waals surface area contributed by atoms with Crippen molar-refractivity contribution in [1.82, 2.24) is 0 Å². The van der Waals surface area contributed by atoms with Crippen molar-refractivity contribution >= 4 is 17.3 Å². The van der Waals surface area contributed by atoms with Crippen LogP contribution >= 0.6 is 0 Å². The Morgan fingerprint density at radius 2 is 2.16 bits per heavy atom. The van der Waals surface area contributed by atoms with Gasteiger partial charge in [-0.2, -0.15) is 0 Å². The fourth-order valence-corrected chi connectivity index (χ4v) is 1.89. The molecule has 0 bridgehead atoms. The van der Waals surface area contributed by atoms with Crippen LogP contribution in [-0.2, 0) is 9.53 Å². The van der Waals surface area contributed by atoms with Crippen molar-refractivity contribution in [3.05, 3.63) is 33.9 Å². The summed E-state index contributed by atoms with van der Waals surface area (Å²) in [5, 5.41) is 10.7. The average molecular weight is 266 g/mol. The Hall–Kier alpha value is -2.11. The number of nitrogens with zero attached hydrogens (tertiary/aromatic N) is 2. The van der Waals surface area contributed by atoms with Crippen LogP contribution in [0.5, 0.6) is 0 Å². The largest absolute Gasteiger partial charge is 0.469 e. The van der Waals surface area contributed by atoms with Crippen LogP contribution in [0.4, 0.5) is 11.4 Å². The van der Waals surface area contributed by atoms with Crippen LogP contribution in [0.2, 0.25) is 0 Å². The van der Waals surface area contributed by atoms with Gasteiger partial charge in [0.05, 0.1) is 18.5 Å². The fourth-order valence-electron chi connectivity index (χ4n) is 1.89. The maximum absolute atomic E-state index is 11.2. The molecule has 0 spiro atoms. The average Bonchev–Trinajstić information content (AvgIpc) is 2.40. The highest BCUT2D eigenvalue weighted by Gasteiger charge is 2.13. The van der Waals surface area contributed by atoms with Gasteiger partial charge >= 0.3 is 5.97 Å². The minimum atomic E-state index is -0.415. The van der Waals surface area contributed by atoms with E-state index < -0.39 is 4.92 Å². The number of rotatable bonds is 6. The first-order valence-corrected chi connectivity index (χ1v) is 6.06. The summed E-state index contributed by atoms with van der Waals surface area (Å²) < 4.78 is 4.61. The minimum Gasteiger partial charge on any atom is -0.469 e. The summed E-state index contributed by atoms with van der Waals surface area (Å²) in [6.45, 7) is 5.04. The van der Waals surface area contributed by atoms with Crippen LogP contribution in [0.25, 0.3) is 0 Å². The monoisotopic (exact) mass is 266 g/mol. The number of benzene rings is 1. The molecule has 0 N–H and O–H groups in total. The zero-order valence-electron chi connectivity index (χ0n) is 11.4. The Labute approximate surface area is 112 Å². The van der Waals surface area contributed by atoms with Gasteiger partial charge in [0.1, 0.15) is 0 Å². The molecule has 0 aliphatic rings. The molecule has 1 rings (SSSR count). The van der Waals surface area contributed by atoms with E-state index in [0.717, 1.165) is 17.8 Å². The molecule has 19 heavy (non-hydrogen) atoms. The lowest BCUT2D eigenvalue weighted by atomic mass is 10.1. The van der Waals surface area contributed by atoms with Crippen LogP contribution < -0.4 is 4.90 Å². The smallest absolute Gasteiger partial charge is 0.307 e. The second-order valence-corrected chi connectivity index (χ2v) is 4.13. The summed E-state index contributed by atoms with van der Waals surface area (Å²) in [6, 6.07) is 4.73. The Morgan fingerprint density at radius 1 is 1.47 bits per heavy atom. The molecule has 0 radical (unpaired) electrons. The number of esters is 1. The van der Waals surface area contributed by atoms with E-state index in [9.17, 15) is 14.9 Å². The molecule has 0 fully saturated rings. The second-order valence-electron chi connectivity index (χ2n) is 4.13. The Bertz CT molecular complexity index is 474. The maximum Gasteiger partial charge on any atom is 0.307 e. The number of nitro benzene ring substituents is 1. The molecule has 0 unspecified atom stereocenters. The van der Waals surface area contributed by atoms with Crippen LogP contribution in [0, 0.1) is 17.0 Å². The lowest BCUT2D eigenvalue weighted by molar-refractivity contribution is -0.384. The first-order valence-electron chi connectivity index (χ1n) is 6.06. The van der Waals surface area contributed by atoms with Crippen LogP contribution in [0.1, 0.15) is 18.9 Å². The summed E-state index contributed by atoms with van der Waals surface area (Å²) in [4.78, 5) is 23.4. The zero-order valence-corrected chi connectivity index (χ0v) is 11.4. The Balaban J connectivity index is 2.86. The topological polar surface area (TPSA) is 72.7 Å². The normalized spacial score (nSPS) is 10.1. The summed E-state index contributed by atoms with van der Waals surface area (Å²) in [5.41, 5.74) is 1.79. The molecular weight excluding hydrogens is 248 g/mol. The maximum atomic E-state index is 11.2. The molecule has 104 valence electrons. The standard InChI is InChI=1S/C13H18N2O4/c1-4-14(8-7-13(16)19-3)12-6-5-11(15(17)18)9-10(12)2/h5-6,9H,4,7-8H2,1-3H3.